The number of rotatable bonds is 5. The number of benzene rings is 1. The van der Waals surface area contributed by atoms with Gasteiger partial charge in [0, 0.05) is 13.6 Å². The summed E-state index contributed by atoms with van der Waals surface area (Å²) in [5.41, 5.74) is 7.84. The Morgan fingerprint density at radius 3 is 2.60 bits per heavy atom. The van der Waals surface area contributed by atoms with E-state index in [1.807, 2.05) is 45.0 Å². The number of carbonyl (C=O) groups is 1. The summed E-state index contributed by atoms with van der Waals surface area (Å²) in [5.74, 6) is -0.814. The number of nitrogens with two attached hydrogens (primary N) is 1. The second-order valence-corrected chi connectivity index (χ2v) is 5.43. The summed E-state index contributed by atoms with van der Waals surface area (Å²) in [6.07, 6.45) is 0. The number of amides is 1. The highest BCUT2D eigenvalue weighted by atomic mass is 16.4. The van der Waals surface area contributed by atoms with Crippen LogP contribution in [-0.2, 0) is 11.3 Å². The molecule has 1 amide bonds. The van der Waals surface area contributed by atoms with Crippen LogP contribution >= 0.6 is 0 Å². The lowest BCUT2D eigenvalue weighted by Gasteiger charge is -2.25. The normalized spacial score (nSPS) is 13.3. The van der Waals surface area contributed by atoms with Crippen molar-refractivity contribution in [3.8, 4) is 0 Å². The van der Waals surface area contributed by atoms with E-state index < -0.39 is 5.92 Å². The molecular weight excluding hydrogens is 254 g/mol. The van der Waals surface area contributed by atoms with Gasteiger partial charge in [-0.3, -0.25) is 4.79 Å². The van der Waals surface area contributed by atoms with Crippen LogP contribution in [0.5, 0.6) is 0 Å². The van der Waals surface area contributed by atoms with E-state index in [1.54, 1.807) is 11.9 Å². The first-order chi connectivity index (χ1) is 9.36. The molecule has 0 aromatic heterocycles. The number of hydrogen-bond acceptors (Lipinski definition) is 3. The molecule has 0 radical (unpaired) electrons. The lowest BCUT2D eigenvalue weighted by molar-refractivity contribution is -0.133. The molecule has 5 nitrogen and oxygen atoms in total. The molecule has 0 saturated heterocycles. The first-order valence-corrected chi connectivity index (χ1v) is 6.64. The zero-order valence-electron chi connectivity index (χ0n) is 12.5. The summed E-state index contributed by atoms with van der Waals surface area (Å²) in [7, 11) is 1.73. The van der Waals surface area contributed by atoms with Crippen molar-refractivity contribution in [2.75, 3.05) is 7.05 Å². The van der Waals surface area contributed by atoms with E-state index >= 15 is 0 Å². The van der Waals surface area contributed by atoms with Gasteiger partial charge in [0.1, 0.15) is 5.92 Å². The fourth-order valence-electron chi connectivity index (χ4n) is 2.22. The topological polar surface area (TPSA) is 78.9 Å². The first-order valence-electron chi connectivity index (χ1n) is 6.64. The first kappa shape index (κ1) is 16.0. The van der Waals surface area contributed by atoms with Crippen molar-refractivity contribution < 1.29 is 10.0 Å². The molecule has 5 heteroatoms. The zero-order chi connectivity index (χ0) is 15.3. The third kappa shape index (κ3) is 3.98. The summed E-state index contributed by atoms with van der Waals surface area (Å²) < 4.78 is 0. The van der Waals surface area contributed by atoms with Gasteiger partial charge in [-0.25, -0.2) is 0 Å². The van der Waals surface area contributed by atoms with E-state index in [0.717, 1.165) is 11.1 Å². The summed E-state index contributed by atoms with van der Waals surface area (Å²) in [6, 6.07) is 7.99. The van der Waals surface area contributed by atoms with Gasteiger partial charge < -0.3 is 15.8 Å². The average Bonchev–Trinajstić information content (AvgIpc) is 2.38. The molecule has 0 aliphatic heterocycles. The minimum atomic E-state index is -0.602. The lowest BCUT2D eigenvalue weighted by atomic mass is 9.93. The Bertz CT molecular complexity index is 498. The van der Waals surface area contributed by atoms with E-state index in [-0.39, 0.29) is 17.7 Å². The van der Waals surface area contributed by atoms with Gasteiger partial charge in [0.15, 0.2) is 5.84 Å². The smallest absolute Gasteiger partial charge is 0.233 e. The van der Waals surface area contributed by atoms with Gasteiger partial charge in [-0.2, -0.15) is 0 Å². The molecule has 3 N–H and O–H groups in total. The summed E-state index contributed by atoms with van der Waals surface area (Å²) in [4.78, 5) is 14.0. The molecule has 110 valence electrons. The van der Waals surface area contributed by atoms with Gasteiger partial charge >= 0.3 is 0 Å². The van der Waals surface area contributed by atoms with Crippen LogP contribution in [0, 0.1) is 18.8 Å². The average molecular weight is 277 g/mol. The van der Waals surface area contributed by atoms with E-state index in [1.165, 1.54) is 0 Å². The van der Waals surface area contributed by atoms with Crippen molar-refractivity contribution in [3.05, 3.63) is 35.4 Å². The Morgan fingerprint density at radius 2 is 2.10 bits per heavy atom. The monoisotopic (exact) mass is 277 g/mol. The molecular formula is C15H23N3O2. The maximum absolute atomic E-state index is 12.4. The molecule has 0 fully saturated rings. The van der Waals surface area contributed by atoms with Crippen LogP contribution < -0.4 is 5.73 Å². The Hall–Kier alpha value is -2.04. The van der Waals surface area contributed by atoms with Crippen LogP contribution in [0.15, 0.2) is 29.4 Å². The minimum Gasteiger partial charge on any atom is -0.409 e. The highest BCUT2D eigenvalue weighted by Gasteiger charge is 2.29. The Labute approximate surface area is 120 Å². The Kier molecular flexibility index (Phi) is 5.55. The van der Waals surface area contributed by atoms with Gasteiger partial charge in [-0.1, -0.05) is 48.8 Å². The van der Waals surface area contributed by atoms with E-state index in [0.29, 0.717) is 6.54 Å². The van der Waals surface area contributed by atoms with E-state index in [4.69, 9.17) is 10.9 Å². The van der Waals surface area contributed by atoms with Crippen molar-refractivity contribution in [1.82, 2.24) is 4.90 Å². The molecule has 20 heavy (non-hydrogen) atoms. The number of oxime groups is 1. The second kappa shape index (κ2) is 6.93. The standard InChI is InChI=1S/C15H23N3O2/c1-10(2)13(14(16)17-20)15(19)18(4)9-12-7-5-6-11(3)8-12/h5-8,10,13,20H,9H2,1-4H3,(H2,16,17). The molecule has 0 aliphatic rings. The zero-order valence-corrected chi connectivity index (χ0v) is 12.5. The number of carbonyl (C=O) groups excluding carboxylic acids is 1. The quantitative estimate of drug-likeness (QED) is 0.374. The van der Waals surface area contributed by atoms with Crippen molar-refractivity contribution in [2.24, 2.45) is 22.7 Å². The summed E-state index contributed by atoms with van der Waals surface area (Å²) in [5, 5.41) is 11.8. The molecule has 0 heterocycles. The molecule has 1 rings (SSSR count). The molecule has 1 unspecified atom stereocenters. The summed E-state index contributed by atoms with van der Waals surface area (Å²) >= 11 is 0. The molecule has 0 saturated carbocycles. The number of aryl methyl sites for hydroxylation is 1. The highest BCUT2D eigenvalue weighted by molar-refractivity contribution is 6.02. The number of hydrogen-bond donors (Lipinski definition) is 2. The van der Waals surface area contributed by atoms with Gasteiger partial charge in [-0.05, 0) is 18.4 Å². The van der Waals surface area contributed by atoms with Crippen LogP contribution in [0.1, 0.15) is 25.0 Å². The molecule has 0 aliphatic carbocycles. The predicted octanol–water partition coefficient (Wildman–Crippen LogP) is 1.97. The highest BCUT2D eigenvalue weighted by Crippen LogP contribution is 2.16. The molecule has 0 bridgehead atoms. The molecule has 0 spiro atoms. The van der Waals surface area contributed by atoms with Crippen LogP contribution in [0.4, 0.5) is 0 Å². The summed E-state index contributed by atoms with van der Waals surface area (Å²) in [6.45, 7) is 6.27. The van der Waals surface area contributed by atoms with Crippen LogP contribution in [-0.4, -0.2) is 28.9 Å². The SMILES string of the molecule is Cc1cccc(CN(C)C(=O)C(C(N)=NO)C(C)C)c1. The van der Waals surface area contributed by atoms with E-state index in [9.17, 15) is 4.79 Å². The predicted molar refractivity (Wildman–Crippen MR) is 79.4 cm³/mol. The van der Waals surface area contributed by atoms with Crippen molar-refractivity contribution in [2.45, 2.75) is 27.3 Å². The van der Waals surface area contributed by atoms with Crippen molar-refractivity contribution in [3.63, 3.8) is 0 Å². The third-order valence-corrected chi connectivity index (χ3v) is 3.25. The van der Waals surface area contributed by atoms with Gasteiger partial charge in [0.05, 0.1) is 0 Å². The van der Waals surface area contributed by atoms with Crippen LogP contribution in [0.3, 0.4) is 0 Å². The Morgan fingerprint density at radius 1 is 1.45 bits per heavy atom. The van der Waals surface area contributed by atoms with Gasteiger partial charge in [0.2, 0.25) is 5.91 Å². The lowest BCUT2D eigenvalue weighted by Crippen LogP contribution is -2.42. The van der Waals surface area contributed by atoms with E-state index in [2.05, 4.69) is 5.16 Å². The molecule has 1 atom stereocenters. The molecule has 1 aromatic carbocycles. The van der Waals surface area contributed by atoms with Crippen molar-refractivity contribution in [1.29, 1.82) is 0 Å². The second-order valence-electron chi connectivity index (χ2n) is 5.43. The third-order valence-electron chi connectivity index (χ3n) is 3.25. The molecule has 1 aromatic rings. The van der Waals surface area contributed by atoms with Crippen LogP contribution in [0.25, 0.3) is 0 Å². The Balaban J connectivity index is 2.84. The van der Waals surface area contributed by atoms with Crippen LogP contribution in [0.2, 0.25) is 0 Å². The van der Waals surface area contributed by atoms with Gasteiger partial charge in [0.25, 0.3) is 0 Å². The fourth-order valence-corrected chi connectivity index (χ4v) is 2.22. The minimum absolute atomic E-state index is 0.0293. The maximum Gasteiger partial charge on any atom is 0.233 e. The van der Waals surface area contributed by atoms with Gasteiger partial charge in [-0.15, -0.1) is 0 Å². The number of amidine groups is 1. The maximum atomic E-state index is 12.4. The van der Waals surface area contributed by atoms with Crippen molar-refractivity contribution >= 4 is 11.7 Å². The fraction of sp³-hybridized carbons (Fsp3) is 0.467. The largest absolute Gasteiger partial charge is 0.409 e. The number of nitrogens with zero attached hydrogens (tertiary/aromatic N) is 2.